The van der Waals surface area contributed by atoms with E-state index < -0.39 is 0 Å². The van der Waals surface area contributed by atoms with E-state index >= 15 is 0 Å². The van der Waals surface area contributed by atoms with Crippen LogP contribution < -0.4 is 10.6 Å². The maximum absolute atomic E-state index is 12.1. The van der Waals surface area contributed by atoms with Crippen LogP contribution in [0.25, 0.3) is 0 Å². The summed E-state index contributed by atoms with van der Waals surface area (Å²) in [5, 5.41) is 9.93. The average Bonchev–Trinajstić information content (AvgIpc) is 2.86. The minimum atomic E-state index is -0.266. The molecule has 2 rings (SSSR count). The van der Waals surface area contributed by atoms with Gasteiger partial charge in [-0.05, 0) is 32.0 Å². The zero-order valence-corrected chi connectivity index (χ0v) is 11.9. The molecule has 0 aliphatic heterocycles. The van der Waals surface area contributed by atoms with Gasteiger partial charge in [0.2, 0.25) is 0 Å². The Labute approximate surface area is 118 Å². The lowest BCUT2D eigenvalue weighted by Crippen LogP contribution is -2.20. The summed E-state index contributed by atoms with van der Waals surface area (Å²) >= 11 is 0. The number of hydrogen-bond donors (Lipinski definition) is 2. The Hall–Kier alpha value is -2.14. The van der Waals surface area contributed by atoms with E-state index in [2.05, 4.69) is 29.6 Å². The first-order chi connectivity index (χ1) is 9.61. The van der Waals surface area contributed by atoms with Crippen LogP contribution in [0.4, 0.5) is 5.69 Å². The van der Waals surface area contributed by atoms with Gasteiger partial charge in [0.05, 0.1) is 0 Å². The standard InChI is InChI=1S/C15H19N3O2/c1-4-16-11(3)12-7-5-6-8-13(12)17-15(19)14-9-10(2)20-18-14/h5-9,11,16H,4H2,1-3H3,(H,17,19). The van der Waals surface area contributed by atoms with Crippen molar-refractivity contribution < 1.29 is 9.32 Å². The summed E-state index contributed by atoms with van der Waals surface area (Å²) in [5.74, 6) is 0.349. The first-order valence-corrected chi connectivity index (χ1v) is 6.68. The molecule has 0 aliphatic carbocycles. The molecule has 1 unspecified atom stereocenters. The van der Waals surface area contributed by atoms with Crippen LogP contribution in [-0.4, -0.2) is 17.6 Å². The number of carbonyl (C=O) groups excluding carboxylic acids is 1. The van der Waals surface area contributed by atoms with Gasteiger partial charge in [-0.1, -0.05) is 30.3 Å². The number of nitrogens with one attached hydrogen (secondary N) is 2. The van der Waals surface area contributed by atoms with Crippen molar-refractivity contribution in [1.82, 2.24) is 10.5 Å². The van der Waals surface area contributed by atoms with Crippen molar-refractivity contribution in [3.63, 3.8) is 0 Å². The second-order valence-electron chi connectivity index (χ2n) is 4.64. The van der Waals surface area contributed by atoms with Crippen LogP contribution in [0.1, 0.15) is 41.7 Å². The molecule has 1 aromatic heterocycles. The van der Waals surface area contributed by atoms with Gasteiger partial charge in [0.15, 0.2) is 5.69 Å². The fourth-order valence-corrected chi connectivity index (χ4v) is 2.06. The van der Waals surface area contributed by atoms with Crippen molar-refractivity contribution in [2.75, 3.05) is 11.9 Å². The van der Waals surface area contributed by atoms with E-state index in [1.807, 2.05) is 24.3 Å². The van der Waals surface area contributed by atoms with Gasteiger partial charge in [0.25, 0.3) is 5.91 Å². The van der Waals surface area contributed by atoms with Crippen molar-refractivity contribution in [2.24, 2.45) is 0 Å². The molecule has 1 amide bonds. The van der Waals surface area contributed by atoms with E-state index in [0.29, 0.717) is 5.76 Å². The summed E-state index contributed by atoms with van der Waals surface area (Å²) in [6.07, 6.45) is 0. The second kappa shape index (κ2) is 6.34. The molecule has 0 aliphatic rings. The third-order valence-corrected chi connectivity index (χ3v) is 3.05. The summed E-state index contributed by atoms with van der Waals surface area (Å²) in [6, 6.07) is 9.51. The molecule has 0 saturated carbocycles. The average molecular weight is 273 g/mol. The van der Waals surface area contributed by atoms with E-state index in [1.54, 1.807) is 13.0 Å². The van der Waals surface area contributed by atoms with Crippen LogP contribution in [-0.2, 0) is 0 Å². The number of anilines is 1. The fourth-order valence-electron chi connectivity index (χ4n) is 2.06. The molecular weight excluding hydrogens is 254 g/mol. The predicted molar refractivity (Wildman–Crippen MR) is 77.7 cm³/mol. The van der Waals surface area contributed by atoms with Gasteiger partial charge in [-0.15, -0.1) is 0 Å². The molecule has 106 valence electrons. The summed E-state index contributed by atoms with van der Waals surface area (Å²) in [6.45, 7) is 6.74. The Morgan fingerprint density at radius 2 is 2.15 bits per heavy atom. The number of benzene rings is 1. The number of nitrogens with zero attached hydrogens (tertiary/aromatic N) is 1. The lowest BCUT2D eigenvalue weighted by Gasteiger charge is -2.17. The molecule has 0 spiro atoms. The van der Waals surface area contributed by atoms with Crippen LogP contribution in [0.5, 0.6) is 0 Å². The lowest BCUT2D eigenvalue weighted by atomic mass is 10.1. The molecular formula is C15H19N3O2. The molecule has 0 radical (unpaired) electrons. The van der Waals surface area contributed by atoms with E-state index in [0.717, 1.165) is 17.8 Å². The van der Waals surface area contributed by atoms with Crippen LogP contribution in [0.2, 0.25) is 0 Å². The summed E-state index contributed by atoms with van der Waals surface area (Å²) in [4.78, 5) is 12.1. The summed E-state index contributed by atoms with van der Waals surface area (Å²) < 4.78 is 4.92. The smallest absolute Gasteiger partial charge is 0.277 e. The van der Waals surface area contributed by atoms with Crippen LogP contribution in [0, 0.1) is 6.92 Å². The van der Waals surface area contributed by atoms with Crippen molar-refractivity contribution in [3.05, 3.63) is 47.3 Å². The van der Waals surface area contributed by atoms with E-state index in [4.69, 9.17) is 4.52 Å². The fraction of sp³-hybridized carbons (Fsp3) is 0.333. The lowest BCUT2D eigenvalue weighted by molar-refractivity contribution is 0.101. The summed E-state index contributed by atoms with van der Waals surface area (Å²) in [5.41, 5.74) is 2.11. The maximum atomic E-state index is 12.1. The number of rotatable bonds is 5. The Balaban J connectivity index is 2.19. The van der Waals surface area contributed by atoms with E-state index in [9.17, 15) is 4.79 Å². The molecule has 1 heterocycles. The number of carbonyl (C=O) groups is 1. The van der Waals surface area contributed by atoms with Crippen molar-refractivity contribution >= 4 is 11.6 Å². The van der Waals surface area contributed by atoms with Gasteiger partial charge < -0.3 is 15.2 Å². The maximum Gasteiger partial charge on any atom is 0.277 e. The number of aryl methyl sites for hydroxylation is 1. The Morgan fingerprint density at radius 3 is 2.80 bits per heavy atom. The molecule has 2 N–H and O–H groups in total. The molecule has 5 heteroatoms. The quantitative estimate of drug-likeness (QED) is 0.879. The van der Waals surface area contributed by atoms with Crippen molar-refractivity contribution in [3.8, 4) is 0 Å². The molecule has 0 bridgehead atoms. The van der Waals surface area contributed by atoms with Crippen LogP contribution >= 0.6 is 0 Å². The topological polar surface area (TPSA) is 67.2 Å². The highest BCUT2D eigenvalue weighted by atomic mass is 16.5. The molecule has 5 nitrogen and oxygen atoms in total. The van der Waals surface area contributed by atoms with Crippen LogP contribution in [0.3, 0.4) is 0 Å². The highest BCUT2D eigenvalue weighted by molar-refractivity contribution is 6.03. The van der Waals surface area contributed by atoms with Crippen molar-refractivity contribution in [2.45, 2.75) is 26.8 Å². The third kappa shape index (κ3) is 3.24. The Kier molecular flexibility index (Phi) is 4.53. The zero-order chi connectivity index (χ0) is 14.5. The first kappa shape index (κ1) is 14.3. The van der Waals surface area contributed by atoms with Crippen LogP contribution in [0.15, 0.2) is 34.9 Å². The SMILES string of the molecule is CCNC(C)c1ccccc1NC(=O)c1cc(C)on1. The minimum Gasteiger partial charge on any atom is -0.361 e. The molecule has 2 aromatic rings. The number of aromatic nitrogens is 1. The van der Waals surface area contributed by atoms with Crippen molar-refractivity contribution in [1.29, 1.82) is 0 Å². The Bertz CT molecular complexity index is 592. The highest BCUT2D eigenvalue weighted by Crippen LogP contribution is 2.23. The van der Waals surface area contributed by atoms with E-state index in [-0.39, 0.29) is 17.6 Å². The molecule has 1 atom stereocenters. The molecule has 1 aromatic carbocycles. The highest BCUT2D eigenvalue weighted by Gasteiger charge is 2.15. The molecule has 0 saturated heterocycles. The monoisotopic (exact) mass is 273 g/mol. The van der Waals surface area contributed by atoms with Gasteiger partial charge in [-0.25, -0.2) is 0 Å². The Morgan fingerprint density at radius 1 is 1.40 bits per heavy atom. The first-order valence-electron chi connectivity index (χ1n) is 6.68. The minimum absolute atomic E-state index is 0.163. The van der Waals surface area contributed by atoms with Gasteiger partial charge in [0.1, 0.15) is 5.76 Å². The van der Waals surface area contributed by atoms with E-state index in [1.165, 1.54) is 0 Å². The normalized spacial score (nSPS) is 12.2. The van der Waals surface area contributed by atoms with Gasteiger partial charge >= 0.3 is 0 Å². The van der Waals surface area contributed by atoms with Gasteiger partial charge in [-0.3, -0.25) is 4.79 Å². The predicted octanol–water partition coefficient (Wildman–Crippen LogP) is 2.91. The largest absolute Gasteiger partial charge is 0.361 e. The van der Waals surface area contributed by atoms with Gasteiger partial charge in [-0.2, -0.15) is 0 Å². The molecule has 20 heavy (non-hydrogen) atoms. The number of para-hydroxylation sites is 1. The third-order valence-electron chi connectivity index (χ3n) is 3.05. The number of amides is 1. The summed E-state index contributed by atoms with van der Waals surface area (Å²) in [7, 11) is 0. The zero-order valence-electron chi connectivity index (χ0n) is 11.9. The second-order valence-corrected chi connectivity index (χ2v) is 4.64. The molecule has 0 fully saturated rings. The van der Waals surface area contributed by atoms with Gasteiger partial charge in [0, 0.05) is 17.8 Å². The number of hydrogen-bond acceptors (Lipinski definition) is 4.